The van der Waals surface area contributed by atoms with Gasteiger partial charge in [-0.3, -0.25) is 9.69 Å². The number of aliphatic imine (C=N–C) groups is 1. The minimum Gasteiger partial charge on any atom is -0.318 e. The molecule has 4 nitrogen and oxygen atoms in total. The molecular weight excluding hydrogens is 457 g/mol. The first-order valence-corrected chi connectivity index (χ1v) is 13.1. The molecule has 0 spiro atoms. The highest BCUT2D eigenvalue weighted by molar-refractivity contribution is 8.18. The normalized spacial score (nSPS) is 19.3. The molecule has 180 valence electrons. The van der Waals surface area contributed by atoms with E-state index in [4.69, 9.17) is 0 Å². The molecule has 0 bridgehead atoms. The molecule has 1 aliphatic carbocycles. The Bertz CT molecular complexity index is 1320. The monoisotopic (exact) mass is 487 g/mol. The summed E-state index contributed by atoms with van der Waals surface area (Å²) >= 11 is 1.35. The van der Waals surface area contributed by atoms with Gasteiger partial charge < -0.3 is 4.57 Å². The van der Waals surface area contributed by atoms with Crippen LogP contribution in [0.4, 0.5) is 10.1 Å². The molecule has 2 aliphatic rings. The number of aromatic nitrogens is 1. The second-order valence-electron chi connectivity index (χ2n) is 9.42. The number of halogens is 1. The van der Waals surface area contributed by atoms with E-state index in [1.165, 1.54) is 29.8 Å². The van der Waals surface area contributed by atoms with Crippen molar-refractivity contribution in [3.8, 4) is 5.69 Å². The Kier molecular flexibility index (Phi) is 6.65. The highest BCUT2D eigenvalue weighted by Crippen LogP contribution is 2.39. The fourth-order valence-corrected chi connectivity index (χ4v) is 6.08. The van der Waals surface area contributed by atoms with Gasteiger partial charge in [0.2, 0.25) is 0 Å². The Hall–Kier alpha value is -3.12. The van der Waals surface area contributed by atoms with E-state index in [1.807, 2.05) is 11.0 Å². The summed E-state index contributed by atoms with van der Waals surface area (Å²) in [6.07, 6.45) is 7.28. The number of amides is 1. The van der Waals surface area contributed by atoms with E-state index in [0.29, 0.717) is 10.1 Å². The lowest BCUT2D eigenvalue weighted by atomic mass is 9.94. The summed E-state index contributed by atoms with van der Waals surface area (Å²) in [6.45, 7) is 6.24. The Morgan fingerprint density at radius 3 is 2.43 bits per heavy atom. The summed E-state index contributed by atoms with van der Waals surface area (Å²) < 4.78 is 16.6. The number of benzene rings is 2. The molecule has 3 aromatic rings. The van der Waals surface area contributed by atoms with Crippen LogP contribution >= 0.6 is 11.8 Å². The molecule has 0 radical (unpaired) electrons. The van der Waals surface area contributed by atoms with Crippen LogP contribution in [0.5, 0.6) is 0 Å². The molecule has 1 aromatic heterocycles. The number of hydrogen-bond donors (Lipinski definition) is 0. The van der Waals surface area contributed by atoms with Gasteiger partial charge in [-0.2, -0.15) is 0 Å². The van der Waals surface area contributed by atoms with Crippen LogP contribution in [0.25, 0.3) is 11.8 Å². The molecule has 0 N–H and O–H groups in total. The largest absolute Gasteiger partial charge is 0.318 e. The highest BCUT2D eigenvalue weighted by Gasteiger charge is 2.39. The Labute approximate surface area is 210 Å². The lowest BCUT2D eigenvalue weighted by molar-refractivity contribution is -0.124. The van der Waals surface area contributed by atoms with Crippen molar-refractivity contribution in [1.29, 1.82) is 0 Å². The third kappa shape index (κ3) is 4.72. The lowest BCUT2D eigenvalue weighted by Crippen LogP contribution is -2.40. The lowest BCUT2D eigenvalue weighted by Gasteiger charge is -2.30. The van der Waals surface area contributed by atoms with Crippen molar-refractivity contribution in [1.82, 2.24) is 9.47 Å². The summed E-state index contributed by atoms with van der Waals surface area (Å²) in [4.78, 5) is 20.7. The fraction of sp³-hybridized carbons (Fsp3) is 0.310. The van der Waals surface area contributed by atoms with Crippen LogP contribution in [0, 0.1) is 26.6 Å². The van der Waals surface area contributed by atoms with Gasteiger partial charge in [0.1, 0.15) is 11.5 Å². The van der Waals surface area contributed by atoms with Crippen molar-refractivity contribution in [2.45, 2.75) is 58.9 Å². The van der Waals surface area contributed by atoms with Gasteiger partial charge >= 0.3 is 0 Å². The number of carbonyl (C=O) groups is 1. The van der Waals surface area contributed by atoms with E-state index >= 15 is 0 Å². The minimum absolute atomic E-state index is 0.0304. The SMILES string of the molecule is Cc1ccc(-n2c(C)cc(/C=C3\SC(=Nc4ccccc4F)N(C4CCCCC4)C3=O)c2C)cc1. The topological polar surface area (TPSA) is 37.6 Å². The van der Waals surface area contributed by atoms with Crippen LogP contribution in [0.2, 0.25) is 0 Å². The maximum absolute atomic E-state index is 14.4. The highest BCUT2D eigenvalue weighted by atomic mass is 32.2. The molecule has 1 saturated carbocycles. The Morgan fingerprint density at radius 2 is 1.71 bits per heavy atom. The number of nitrogens with zero attached hydrogens (tertiary/aromatic N) is 3. The van der Waals surface area contributed by atoms with E-state index in [1.54, 1.807) is 18.2 Å². The molecule has 2 fully saturated rings. The van der Waals surface area contributed by atoms with E-state index in [-0.39, 0.29) is 23.5 Å². The van der Waals surface area contributed by atoms with Gasteiger partial charge in [0.05, 0.1) is 4.91 Å². The van der Waals surface area contributed by atoms with Crippen molar-refractivity contribution >= 4 is 34.6 Å². The molecular formula is C29H30FN3OS. The van der Waals surface area contributed by atoms with Gasteiger partial charge in [-0.25, -0.2) is 9.38 Å². The zero-order chi connectivity index (χ0) is 24.5. The zero-order valence-electron chi connectivity index (χ0n) is 20.4. The summed E-state index contributed by atoms with van der Waals surface area (Å²) in [5, 5.41) is 0.575. The van der Waals surface area contributed by atoms with Gasteiger partial charge in [-0.1, -0.05) is 49.1 Å². The second-order valence-corrected chi connectivity index (χ2v) is 10.4. The van der Waals surface area contributed by atoms with Gasteiger partial charge in [0, 0.05) is 23.1 Å². The smallest absolute Gasteiger partial charge is 0.267 e. The molecule has 1 aliphatic heterocycles. The summed E-state index contributed by atoms with van der Waals surface area (Å²) in [7, 11) is 0. The maximum atomic E-state index is 14.4. The maximum Gasteiger partial charge on any atom is 0.267 e. The van der Waals surface area contributed by atoms with Gasteiger partial charge in [-0.05, 0) is 87.3 Å². The van der Waals surface area contributed by atoms with Crippen molar-refractivity contribution in [3.05, 3.63) is 87.8 Å². The molecule has 5 rings (SSSR count). The molecule has 1 saturated heterocycles. The zero-order valence-corrected chi connectivity index (χ0v) is 21.2. The first kappa shape index (κ1) is 23.6. The van der Waals surface area contributed by atoms with E-state index in [2.05, 4.69) is 60.7 Å². The molecule has 2 heterocycles. The summed E-state index contributed by atoms with van der Waals surface area (Å²) in [5.74, 6) is -0.409. The molecule has 6 heteroatoms. The number of aryl methyl sites for hydroxylation is 2. The van der Waals surface area contributed by atoms with Gasteiger partial charge in [-0.15, -0.1) is 0 Å². The van der Waals surface area contributed by atoms with Crippen molar-refractivity contribution in [3.63, 3.8) is 0 Å². The molecule has 2 aromatic carbocycles. The van der Waals surface area contributed by atoms with Crippen LogP contribution < -0.4 is 0 Å². The van der Waals surface area contributed by atoms with Crippen LogP contribution in [-0.4, -0.2) is 26.6 Å². The first-order chi connectivity index (χ1) is 16.9. The van der Waals surface area contributed by atoms with Crippen LogP contribution in [-0.2, 0) is 4.79 Å². The average Bonchev–Trinajstić information content (AvgIpc) is 3.31. The fourth-order valence-electron chi connectivity index (χ4n) is 5.04. The van der Waals surface area contributed by atoms with Crippen molar-refractivity contribution < 1.29 is 9.18 Å². The number of para-hydroxylation sites is 1. The number of rotatable bonds is 4. The minimum atomic E-state index is -0.379. The third-order valence-electron chi connectivity index (χ3n) is 6.89. The Balaban J connectivity index is 1.53. The van der Waals surface area contributed by atoms with Gasteiger partial charge in [0.15, 0.2) is 5.17 Å². The number of hydrogen-bond acceptors (Lipinski definition) is 3. The van der Waals surface area contributed by atoms with Crippen molar-refractivity contribution in [2.24, 2.45) is 4.99 Å². The van der Waals surface area contributed by atoms with Crippen LogP contribution in [0.1, 0.15) is 54.6 Å². The van der Waals surface area contributed by atoms with Crippen LogP contribution in [0.3, 0.4) is 0 Å². The second kappa shape index (κ2) is 9.86. The number of carbonyl (C=O) groups excluding carboxylic acids is 1. The van der Waals surface area contributed by atoms with E-state index < -0.39 is 0 Å². The quantitative estimate of drug-likeness (QED) is 0.358. The van der Waals surface area contributed by atoms with E-state index in [0.717, 1.165) is 48.3 Å². The number of thioether (sulfide) groups is 1. The molecule has 35 heavy (non-hydrogen) atoms. The predicted octanol–water partition coefficient (Wildman–Crippen LogP) is 7.48. The summed E-state index contributed by atoms with van der Waals surface area (Å²) in [5.41, 5.74) is 5.79. The molecule has 0 unspecified atom stereocenters. The molecule has 0 atom stereocenters. The average molecular weight is 488 g/mol. The first-order valence-electron chi connectivity index (χ1n) is 12.2. The van der Waals surface area contributed by atoms with Crippen LogP contribution in [0.15, 0.2) is 64.5 Å². The van der Waals surface area contributed by atoms with Crippen molar-refractivity contribution in [2.75, 3.05) is 0 Å². The van der Waals surface area contributed by atoms with Gasteiger partial charge in [0.25, 0.3) is 5.91 Å². The standard InChI is InChI=1S/C29H30FN3OS/c1-19-13-15-24(16-14-19)32-20(2)17-22(21(32)3)18-27-28(34)33(23-9-5-4-6-10-23)29(35-27)31-26-12-8-7-11-25(26)30/h7-8,11-18,23H,4-6,9-10H2,1-3H3/b27-18-,31-29?. The summed E-state index contributed by atoms with van der Waals surface area (Å²) in [6, 6.07) is 17.2. The molecule has 1 amide bonds. The number of amidine groups is 1. The predicted molar refractivity (Wildman–Crippen MR) is 143 cm³/mol. The Morgan fingerprint density at radius 1 is 1.00 bits per heavy atom. The third-order valence-corrected chi connectivity index (χ3v) is 7.88. The van der Waals surface area contributed by atoms with E-state index in [9.17, 15) is 9.18 Å².